The molecule has 42 valence electrons. The van der Waals surface area contributed by atoms with Crippen LogP contribution in [-0.4, -0.2) is 22.8 Å². The number of rotatable bonds is 1. The van der Waals surface area contributed by atoms with Crippen LogP contribution < -0.4 is 0 Å². The van der Waals surface area contributed by atoms with Crippen LogP contribution in [0.25, 0.3) is 0 Å². The van der Waals surface area contributed by atoms with E-state index in [0.717, 1.165) is 5.71 Å². The van der Waals surface area contributed by atoms with Crippen LogP contribution in [0.15, 0.2) is 9.98 Å². The number of nitrogens with zero attached hydrogens (tertiary/aromatic N) is 2. The zero-order chi connectivity index (χ0) is 5.98. The summed E-state index contributed by atoms with van der Waals surface area (Å²) in [5, 5.41) is 0. The molecular formula is C4H4N2S2. The van der Waals surface area contributed by atoms with Crippen LogP contribution in [0.2, 0.25) is 0 Å². The van der Waals surface area contributed by atoms with E-state index in [9.17, 15) is 0 Å². The van der Waals surface area contributed by atoms with Gasteiger partial charge >= 0.3 is 0 Å². The standard InChI is InChI=1S/C4H4N2S2/c7-4(8)3-1-5-2-6-3/h2H,1H2,(H,7,8). The Hall–Kier alpha value is -0.220. The third kappa shape index (κ3) is 1.14. The van der Waals surface area contributed by atoms with Crippen LogP contribution in [0.4, 0.5) is 0 Å². The molecule has 1 heterocycles. The van der Waals surface area contributed by atoms with Gasteiger partial charge in [-0.1, -0.05) is 12.2 Å². The molecule has 0 bridgehead atoms. The smallest absolute Gasteiger partial charge is 0.110 e. The summed E-state index contributed by atoms with van der Waals surface area (Å²) in [7, 11) is 0. The molecule has 4 heteroatoms. The van der Waals surface area contributed by atoms with Gasteiger partial charge in [0.2, 0.25) is 0 Å². The second-order valence-electron chi connectivity index (χ2n) is 1.34. The first-order valence-corrected chi connectivity index (χ1v) is 2.94. The van der Waals surface area contributed by atoms with Crippen molar-refractivity contribution >= 4 is 41.1 Å². The Morgan fingerprint density at radius 1 is 1.88 bits per heavy atom. The van der Waals surface area contributed by atoms with E-state index >= 15 is 0 Å². The first-order valence-electron chi connectivity index (χ1n) is 2.09. The summed E-state index contributed by atoms with van der Waals surface area (Å²) in [5.74, 6) is 0. The molecule has 0 aromatic rings. The highest BCUT2D eigenvalue weighted by Crippen LogP contribution is 1.94. The van der Waals surface area contributed by atoms with Crippen molar-refractivity contribution in [2.24, 2.45) is 9.98 Å². The zero-order valence-corrected chi connectivity index (χ0v) is 5.75. The zero-order valence-electron chi connectivity index (χ0n) is 4.03. The third-order valence-electron chi connectivity index (χ3n) is 0.783. The lowest BCUT2D eigenvalue weighted by atomic mass is 10.4. The molecule has 0 N–H and O–H groups in total. The van der Waals surface area contributed by atoms with Crippen molar-refractivity contribution in [1.82, 2.24) is 0 Å². The van der Waals surface area contributed by atoms with Crippen LogP contribution in [0, 0.1) is 0 Å². The molecule has 0 aromatic carbocycles. The van der Waals surface area contributed by atoms with E-state index < -0.39 is 0 Å². The van der Waals surface area contributed by atoms with Crippen molar-refractivity contribution in [1.29, 1.82) is 0 Å². The normalized spacial score (nSPS) is 16.4. The van der Waals surface area contributed by atoms with Gasteiger partial charge in [0.25, 0.3) is 0 Å². The summed E-state index contributed by atoms with van der Waals surface area (Å²) in [5.41, 5.74) is 0.795. The molecule has 0 saturated heterocycles. The van der Waals surface area contributed by atoms with Gasteiger partial charge < -0.3 is 0 Å². The monoisotopic (exact) mass is 144 g/mol. The van der Waals surface area contributed by atoms with E-state index in [-0.39, 0.29) is 0 Å². The molecule has 0 aliphatic carbocycles. The number of hydrogen-bond acceptors (Lipinski definition) is 3. The van der Waals surface area contributed by atoms with Gasteiger partial charge in [0.15, 0.2) is 0 Å². The van der Waals surface area contributed by atoms with Gasteiger partial charge in [0, 0.05) is 0 Å². The lowest BCUT2D eigenvalue weighted by Gasteiger charge is -1.87. The highest BCUT2D eigenvalue weighted by Gasteiger charge is 2.02. The molecule has 0 saturated carbocycles. The second kappa shape index (κ2) is 2.37. The molecule has 0 atom stereocenters. The maximum absolute atomic E-state index is 4.71. The number of thiol groups is 1. The maximum atomic E-state index is 4.71. The lowest BCUT2D eigenvalue weighted by Crippen LogP contribution is -2.05. The molecule has 0 aromatic heterocycles. The fourth-order valence-corrected chi connectivity index (χ4v) is 0.647. The Kier molecular flexibility index (Phi) is 1.75. The molecule has 2 nitrogen and oxygen atoms in total. The quantitative estimate of drug-likeness (QED) is 0.426. The summed E-state index contributed by atoms with van der Waals surface area (Å²) >= 11 is 8.62. The summed E-state index contributed by atoms with van der Waals surface area (Å²) in [6.45, 7) is 0.600. The molecular weight excluding hydrogens is 140 g/mol. The summed E-state index contributed by atoms with van der Waals surface area (Å²) in [4.78, 5) is 7.66. The minimum absolute atomic E-state index is 0.544. The van der Waals surface area contributed by atoms with Crippen molar-refractivity contribution < 1.29 is 0 Å². The van der Waals surface area contributed by atoms with E-state index in [1.54, 1.807) is 0 Å². The van der Waals surface area contributed by atoms with Crippen LogP contribution >= 0.6 is 24.8 Å². The number of hydrogen-bond donors (Lipinski definition) is 1. The Morgan fingerprint density at radius 3 is 2.88 bits per heavy atom. The summed E-state index contributed by atoms with van der Waals surface area (Å²) < 4.78 is 0.544. The average molecular weight is 144 g/mol. The fourth-order valence-electron chi connectivity index (χ4n) is 0.401. The van der Waals surface area contributed by atoms with Crippen molar-refractivity contribution in [2.75, 3.05) is 6.54 Å². The van der Waals surface area contributed by atoms with Crippen molar-refractivity contribution in [3.8, 4) is 0 Å². The Bertz CT molecular complexity index is 171. The molecule has 1 aliphatic heterocycles. The minimum atomic E-state index is 0.544. The largest absolute Gasteiger partial charge is 0.267 e. The molecule has 0 unspecified atom stereocenters. The van der Waals surface area contributed by atoms with Gasteiger partial charge in [-0.2, -0.15) is 0 Å². The predicted octanol–water partition coefficient (Wildman–Crippen LogP) is 0.726. The van der Waals surface area contributed by atoms with Crippen LogP contribution in [0.5, 0.6) is 0 Å². The van der Waals surface area contributed by atoms with Gasteiger partial charge in [-0.15, -0.1) is 12.6 Å². The van der Waals surface area contributed by atoms with E-state index in [1.807, 2.05) is 0 Å². The Balaban J connectivity index is 2.64. The third-order valence-corrected chi connectivity index (χ3v) is 1.28. The highest BCUT2D eigenvalue weighted by molar-refractivity contribution is 8.13. The Morgan fingerprint density at radius 2 is 2.62 bits per heavy atom. The molecule has 0 amide bonds. The van der Waals surface area contributed by atoms with E-state index in [2.05, 4.69) is 22.6 Å². The fraction of sp³-hybridized carbons (Fsp3) is 0.250. The lowest BCUT2D eigenvalue weighted by molar-refractivity contribution is 1.37. The van der Waals surface area contributed by atoms with Crippen molar-refractivity contribution in [2.45, 2.75) is 0 Å². The van der Waals surface area contributed by atoms with E-state index in [4.69, 9.17) is 12.2 Å². The first kappa shape index (κ1) is 5.91. The second-order valence-corrected chi connectivity index (χ2v) is 2.50. The topological polar surface area (TPSA) is 24.7 Å². The Labute approximate surface area is 58.1 Å². The van der Waals surface area contributed by atoms with Gasteiger partial charge in [-0.25, -0.2) is 4.99 Å². The molecule has 0 fully saturated rings. The average Bonchev–Trinajstić information content (AvgIpc) is 2.12. The number of aliphatic imine (C=N–C) groups is 2. The van der Waals surface area contributed by atoms with Crippen LogP contribution in [0.1, 0.15) is 0 Å². The summed E-state index contributed by atoms with van der Waals surface area (Å²) in [6.07, 6.45) is 1.50. The maximum Gasteiger partial charge on any atom is 0.110 e. The molecule has 0 spiro atoms. The van der Waals surface area contributed by atoms with Gasteiger partial charge in [-0.3, -0.25) is 4.99 Å². The SMILES string of the molecule is S=C(S)C1=NC=NC1. The molecule has 1 rings (SSSR count). The molecule has 1 aliphatic rings. The minimum Gasteiger partial charge on any atom is -0.267 e. The van der Waals surface area contributed by atoms with Crippen molar-refractivity contribution in [3.05, 3.63) is 0 Å². The highest BCUT2D eigenvalue weighted by atomic mass is 32.1. The molecule has 8 heavy (non-hydrogen) atoms. The van der Waals surface area contributed by atoms with Crippen LogP contribution in [0.3, 0.4) is 0 Å². The van der Waals surface area contributed by atoms with Gasteiger partial charge in [0.05, 0.1) is 16.5 Å². The predicted molar refractivity (Wildman–Crippen MR) is 42.4 cm³/mol. The van der Waals surface area contributed by atoms with Gasteiger partial charge in [0.1, 0.15) is 6.34 Å². The van der Waals surface area contributed by atoms with Crippen molar-refractivity contribution in [3.63, 3.8) is 0 Å². The van der Waals surface area contributed by atoms with E-state index in [1.165, 1.54) is 6.34 Å². The van der Waals surface area contributed by atoms with Crippen LogP contribution in [-0.2, 0) is 0 Å². The number of thiocarbonyl (C=S) groups is 1. The van der Waals surface area contributed by atoms with E-state index in [0.29, 0.717) is 10.7 Å². The summed E-state index contributed by atoms with van der Waals surface area (Å²) in [6, 6.07) is 0. The first-order chi connectivity index (χ1) is 3.80. The molecule has 0 radical (unpaired) electrons. The van der Waals surface area contributed by atoms with Gasteiger partial charge in [-0.05, 0) is 0 Å².